The van der Waals surface area contributed by atoms with Gasteiger partial charge in [-0.15, -0.1) is 0 Å². The van der Waals surface area contributed by atoms with Gasteiger partial charge in [0.25, 0.3) is 0 Å². The summed E-state index contributed by atoms with van der Waals surface area (Å²) in [5.74, 6) is 1.03. The fourth-order valence-electron chi connectivity index (χ4n) is 2.57. The van der Waals surface area contributed by atoms with Crippen LogP contribution in [0, 0.1) is 6.07 Å². The summed E-state index contributed by atoms with van der Waals surface area (Å²) in [5, 5.41) is 1.84. The molecule has 1 aliphatic heterocycles. The predicted octanol–water partition coefficient (Wildman–Crippen LogP) is 3.67. The summed E-state index contributed by atoms with van der Waals surface area (Å²) in [6, 6.07) is 11.0. The lowest BCUT2D eigenvalue weighted by molar-refractivity contribution is -0.131. The maximum absolute atomic E-state index is 11.3. The summed E-state index contributed by atoms with van der Waals surface area (Å²) in [6.07, 6.45) is 1.80. The molecule has 1 aliphatic rings. The topological polar surface area (TPSA) is 35.5 Å². The number of carbonyl (C=O) groups is 1. The van der Waals surface area contributed by atoms with Crippen molar-refractivity contribution in [3.8, 4) is 11.5 Å². The highest BCUT2D eigenvalue weighted by Gasteiger charge is 2.29. The van der Waals surface area contributed by atoms with Crippen LogP contribution in [0.2, 0.25) is 0 Å². The molecule has 3 heteroatoms. The number of hydrogen-bond donors (Lipinski definition) is 0. The van der Waals surface area contributed by atoms with Gasteiger partial charge in [0.05, 0.1) is 0 Å². The minimum atomic E-state index is -0.330. The van der Waals surface area contributed by atoms with Crippen molar-refractivity contribution in [3.63, 3.8) is 0 Å². The Kier molecular flexibility index (Phi) is 2.93. The number of fused-ring (bicyclic) bond motifs is 3. The molecule has 1 radical (unpaired) electrons. The van der Waals surface area contributed by atoms with Crippen molar-refractivity contribution in [2.45, 2.75) is 39.2 Å². The summed E-state index contributed by atoms with van der Waals surface area (Å²) in [4.78, 5) is 11.3. The van der Waals surface area contributed by atoms with Gasteiger partial charge in [-0.05, 0) is 26.7 Å². The molecule has 103 valence electrons. The molecule has 0 aromatic heterocycles. The van der Waals surface area contributed by atoms with E-state index in [1.54, 1.807) is 0 Å². The van der Waals surface area contributed by atoms with E-state index < -0.39 is 0 Å². The molecule has 0 N–H and O–H groups in total. The first-order valence-corrected chi connectivity index (χ1v) is 6.81. The predicted molar refractivity (Wildman–Crippen MR) is 77.1 cm³/mol. The fraction of sp³-hybridized carbons (Fsp3) is 0.353. The maximum Gasteiger partial charge on any atom is 0.308 e. The highest BCUT2D eigenvalue weighted by molar-refractivity contribution is 5.95. The van der Waals surface area contributed by atoms with E-state index in [0.717, 1.165) is 34.9 Å². The van der Waals surface area contributed by atoms with E-state index in [-0.39, 0.29) is 11.6 Å². The van der Waals surface area contributed by atoms with Crippen molar-refractivity contribution >= 4 is 16.7 Å². The number of carbonyl (C=O) groups excluding carboxylic acids is 1. The summed E-state index contributed by atoms with van der Waals surface area (Å²) in [7, 11) is 0. The molecule has 20 heavy (non-hydrogen) atoms. The number of esters is 1. The molecule has 0 amide bonds. The molecule has 0 atom stereocenters. The molecule has 0 saturated carbocycles. The van der Waals surface area contributed by atoms with E-state index in [0.29, 0.717) is 5.75 Å². The Morgan fingerprint density at radius 3 is 2.70 bits per heavy atom. The number of aryl methyl sites for hydroxylation is 1. The van der Waals surface area contributed by atoms with Crippen molar-refractivity contribution < 1.29 is 14.3 Å². The van der Waals surface area contributed by atoms with E-state index in [1.165, 1.54) is 6.92 Å². The molecule has 3 nitrogen and oxygen atoms in total. The first-order valence-electron chi connectivity index (χ1n) is 6.81. The second-order valence-electron chi connectivity index (χ2n) is 5.76. The molecule has 0 fully saturated rings. The van der Waals surface area contributed by atoms with Crippen LogP contribution in [0.25, 0.3) is 10.8 Å². The van der Waals surface area contributed by atoms with Crippen LogP contribution in [0.4, 0.5) is 0 Å². The van der Waals surface area contributed by atoms with Gasteiger partial charge >= 0.3 is 5.97 Å². The van der Waals surface area contributed by atoms with Gasteiger partial charge in [0.2, 0.25) is 0 Å². The van der Waals surface area contributed by atoms with Crippen molar-refractivity contribution in [2.24, 2.45) is 0 Å². The average Bonchev–Trinajstić information content (AvgIpc) is 2.39. The largest absolute Gasteiger partial charge is 0.487 e. The first-order chi connectivity index (χ1) is 9.46. The van der Waals surface area contributed by atoms with Gasteiger partial charge in [-0.25, -0.2) is 0 Å². The van der Waals surface area contributed by atoms with Crippen LogP contribution in [-0.2, 0) is 11.2 Å². The Morgan fingerprint density at radius 1 is 1.30 bits per heavy atom. The number of hydrogen-bond acceptors (Lipinski definition) is 3. The molecule has 0 aliphatic carbocycles. The zero-order chi connectivity index (χ0) is 14.3. The van der Waals surface area contributed by atoms with E-state index in [1.807, 2.05) is 24.3 Å². The minimum Gasteiger partial charge on any atom is -0.487 e. The normalized spacial score (nSPS) is 16.4. The molecular weight excluding hydrogens is 252 g/mol. The third-order valence-electron chi connectivity index (χ3n) is 3.56. The zero-order valence-electron chi connectivity index (χ0n) is 11.9. The molecule has 0 spiro atoms. The van der Waals surface area contributed by atoms with E-state index in [4.69, 9.17) is 9.47 Å². The van der Waals surface area contributed by atoms with Crippen LogP contribution >= 0.6 is 0 Å². The van der Waals surface area contributed by atoms with Crippen LogP contribution in [-0.4, -0.2) is 11.6 Å². The van der Waals surface area contributed by atoms with Gasteiger partial charge in [0.15, 0.2) is 0 Å². The molecule has 2 aromatic rings. The number of rotatable bonds is 1. The second-order valence-corrected chi connectivity index (χ2v) is 5.76. The molecular formula is C17H17O3. The number of benzene rings is 2. The SMILES string of the molecule is CC(=O)Oc1[c]c2c(c3ccccc13)OC(C)(C)CC2. The third kappa shape index (κ3) is 2.24. The Labute approximate surface area is 118 Å². The smallest absolute Gasteiger partial charge is 0.308 e. The Balaban J connectivity index is 2.23. The monoisotopic (exact) mass is 269 g/mol. The molecule has 0 unspecified atom stereocenters. The Hall–Kier alpha value is -2.03. The quantitative estimate of drug-likeness (QED) is 0.585. The lowest BCUT2D eigenvalue weighted by atomic mass is 9.92. The molecule has 2 aromatic carbocycles. The van der Waals surface area contributed by atoms with Gasteiger partial charge < -0.3 is 9.47 Å². The van der Waals surface area contributed by atoms with Gasteiger partial charge in [-0.3, -0.25) is 4.79 Å². The van der Waals surface area contributed by atoms with Gasteiger partial charge in [0.1, 0.15) is 17.1 Å². The highest BCUT2D eigenvalue weighted by atomic mass is 16.5. The van der Waals surface area contributed by atoms with Crippen molar-refractivity contribution in [3.05, 3.63) is 35.9 Å². The van der Waals surface area contributed by atoms with Crippen LogP contribution in [0.1, 0.15) is 32.8 Å². The summed E-state index contributed by atoms with van der Waals surface area (Å²) in [6.45, 7) is 5.58. The van der Waals surface area contributed by atoms with Crippen molar-refractivity contribution in [2.75, 3.05) is 0 Å². The first kappa shape index (κ1) is 13.0. The van der Waals surface area contributed by atoms with Gasteiger partial charge in [-0.2, -0.15) is 0 Å². The molecule has 1 heterocycles. The lowest BCUT2D eigenvalue weighted by Crippen LogP contribution is -2.32. The van der Waals surface area contributed by atoms with Crippen LogP contribution in [0.5, 0.6) is 11.5 Å². The fourth-order valence-corrected chi connectivity index (χ4v) is 2.57. The van der Waals surface area contributed by atoms with E-state index in [9.17, 15) is 4.79 Å². The van der Waals surface area contributed by atoms with Gasteiger partial charge in [0, 0.05) is 29.3 Å². The summed E-state index contributed by atoms with van der Waals surface area (Å²) in [5.41, 5.74) is 0.811. The minimum absolute atomic E-state index is 0.174. The standard InChI is InChI=1S/C17H17O3/c1-11(18)19-15-10-12-8-9-17(2,3)20-16(12)14-7-5-4-6-13(14)15/h4-7H,8-9H2,1-3H3. The lowest BCUT2D eigenvalue weighted by Gasteiger charge is -2.33. The molecule has 0 bridgehead atoms. The van der Waals surface area contributed by atoms with Crippen molar-refractivity contribution in [1.82, 2.24) is 0 Å². The maximum atomic E-state index is 11.3. The second kappa shape index (κ2) is 4.51. The van der Waals surface area contributed by atoms with E-state index >= 15 is 0 Å². The average molecular weight is 269 g/mol. The molecule has 0 saturated heterocycles. The van der Waals surface area contributed by atoms with E-state index in [2.05, 4.69) is 19.9 Å². The third-order valence-corrected chi connectivity index (χ3v) is 3.56. The van der Waals surface area contributed by atoms with Crippen LogP contribution in [0.15, 0.2) is 24.3 Å². The zero-order valence-corrected chi connectivity index (χ0v) is 11.9. The van der Waals surface area contributed by atoms with Crippen molar-refractivity contribution in [1.29, 1.82) is 0 Å². The van der Waals surface area contributed by atoms with Crippen LogP contribution in [0.3, 0.4) is 0 Å². The summed E-state index contributed by atoms with van der Waals surface area (Å²) >= 11 is 0. The Morgan fingerprint density at radius 2 is 2.00 bits per heavy atom. The van der Waals surface area contributed by atoms with Crippen LogP contribution < -0.4 is 9.47 Å². The van der Waals surface area contributed by atoms with Gasteiger partial charge in [-0.1, -0.05) is 24.3 Å². The molecule has 3 rings (SSSR count). The number of ether oxygens (including phenoxy) is 2. The Bertz CT molecular complexity index is 686. The highest BCUT2D eigenvalue weighted by Crippen LogP contribution is 2.42. The summed E-state index contributed by atoms with van der Waals surface area (Å²) < 4.78 is 11.4.